The molecule has 5 unspecified atom stereocenters. The van der Waals surface area contributed by atoms with Gasteiger partial charge in [0.25, 0.3) is 0 Å². The van der Waals surface area contributed by atoms with E-state index in [0.29, 0.717) is 33.3 Å². The van der Waals surface area contributed by atoms with E-state index in [2.05, 4.69) is 0 Å². The van der Waals surface area contributed by atoms with E-state index in [1.165, 1.54) is 0 Å². The Morgan fingerprint density at radius 1 is 0.973 bits per heavy atom. The van der Waals surface area contributed by atoms with Crippen molar-refractivity contribution in [2.45, 2.75) is 24.7 Å². The molecule has 37 heavy (non-hydrogen) atoms. The highest BCUT2D eigenvalue weighted by Gasteiger charge is 2.74. The summed E-state index contributed by atoms with van der Waals surface area (Å²) in [4.78, 5) is 43.0. The van der Waals surface area contributed by atoms with Crippen molar-refractivity contribution in [2.24, 2.45) is 11.8 Å². The quantitative estimate of drug-likeness (QED) is 0.514. The highest BCUT2D eigenvalue weighted by Crippen LogP contribution is 2.61. The van der Waals surface area contributed by atoms with E-state index in [1.54, 1.807) is 60.7 Å². The summed E-state index contributed by atoms with van der Waals surface area (Å²) in [6.07, 6.45) is -2.38. The average Bonchev–Trinajstić information content (AvgIpc) is 3.62. The summed E-state index contributed by atoms with van der Waals surface area (Å²) in [5.41, 5.74) is 0.367. The molecule has 8 nitrogen and oxygen atoms in total. The van der Waals surface area contributed by atoms with E-state index in [4.69, 9.17) is 25.8 Å². The lowest BCUT2D eigenvalue weighted by atomic mass is 9.76. The number of rotatable bonds is 2. The topological polar surface area (TPSA) is 102 Å². The lowest BCUT2D eigenvalue weighted by Gasteiger charge is -2.31. The minimum atomic E-state index is -1.94. The molecule has 186 valence electrons. The van der Waals surface area contributed by atoms with Crippen LogP contribution in [0.5, 0.6) is 11.5 Å². The van der Waals surface area contributed by atoms with E-state index in [0.717, 1.165) is 10.5 Å². The van der Waals surface area contributed by atoms with Gasteiger partial charge in [0, 0.05) is 16.7 Å². The van der Waals surface area contributed by atoms with Gasteiger partial charge in [-0.3, -0.25) is 14.4 Å². The third-order valence-corrected chi connectivity index (χ3v) is 8.27. The van der Waals surface area contributed by atoms with Crippen molar-refractivity contribution < 1.29 is 33.7 Å². The summed E-state index contributed by atoms with van der Waals surface area (Å²) in [6, 6.07) is 16.6. The summed E-state index contributed by atoms with van der Waals surface area (Å²) in [5, 5.41) is 12.1. The number of anilines is 1. The van der Waals surface area contributed by atoms with Crippen LogP contribution in [0.25, 0.3) is 0 Å². The molecule has 2 fully saturated rings. The number of ether oxygens (including phenoxy) is 3. The highest BCUT2D eigenvalue weighted by atomic mass is 35.5. The fourth-order valence-corrected chi connectivity index (χ4v) is 6.26. The molecule has 0 aromatic heterocycles. The second kappa shape index (κ2) is 7.64. The van der Waals surface area contributed by atoms with E-state index in [9.17, 15) is 19.5 Å². The first-order chi connectivity index (χ1) is 17.8. The van der Waals surface area contributed by atoms with Gasteiger partial charge in [0.2, 0.25) is 18.6 Å². The van der Waals surface area contributed by atoms with E-state index < -0.39 is 47.2 Å². The number of carbonyl (C=O) groups is 3. The van der Waals surface area contributed by atoms with Gasteiger partial charge in [0.15, 0.2) is 22.9 Å². The van der Waals surface area contributed by atoms with E-state index >= 15 is 0 Å². The Bertz CT molecular complexity index is 1540. The number of nitrogens with zero attached hydrogens (tertiary/aromatic N) is 1. The zero-order valence-corrected chi connectivity index (χ0v) is 20.3. The third-order valence-electron chi connectivity index (χ3n) is 7.85. The molecule has 1 spiro atoms. The fraction of sp³-hybridized carbons (Fsp3) is 0.250. The molecule has 4 aliphatic rings. The molecular formula is C28H20ClNO7. The van der Waals surface area contributed by atoms with Crippen molar-refractivity contribution in [1.82, 2.24) is 0 Å². The number of fused-ring (bicyclic) bond motifs is 4. The fourth-order valence-electron chi connectivity index (χ4n) is 6.14. The number of hydrogen-bond acceptors (Lipinski definition) is 7. The van der Waals surface area contributed by atoms with Crippen molar-refractivity contribution in [3.8, 4) is 11.5 Å². The Balaban J connectivity index is 1.40. The van der Waals surface area contributed by atoms with Gasteiger partial charge < -0.3 is 19.3 Å². The SMILES string of the molecule is Cc1cc(C2OC3(C(=O)c4ccccc4C3O)C3C(=O)N(c4ccc5c(c4)OCO5)C(=O)C23)ccc1Cl. The molecule has 1 aliphatic carbocycles. The van der Waals surface area contributed by atoms with Crippen molar-refractivity contribution in [2.75, 3.05) is 11.7 Å². The van der Waals surface area contributed by atoms with Gasteiger partial charge in [0.1, 0.15) is 6.10 Å². The van der Waals surface area contributed by atoms with Crippen molar-refractivity contribution in [1.29, 1.82) is 0 Å². The molecule has 3 aromatic rings. The molecule has 7 rings (SSSR count). The standard InChI is InChI=1S/C28H20ClNO7/c1-13-10-14(6-8-18(13)29)23-21-22(28(37-23)24(31)16-4-2-3-5-17(16)25(28)32)27(34)30(26(21)33)15-7-9-19-20(11-15)36-12-35-19/h2-11,21-24,31H,12H2,1H3. The maximum Gasteiger partial charge on any atom is 0.241 e. The average molecular weight is 518 g/mol. The normalized spacial score (nSPS) is 29.4. The summed E-state index contributed by atoms with van der Waals surface area (Å²) < 4.78 is 17.2. The first-order valence-electron chi connectivity index (χ1n) is 11.9. The van der Waals surface area contributed by atoms with Gasteiger partial charge in [-0.25, -0.2) is 4.90 Å². The minimum Gasteiger partial charge on any atom is -0.454 e. The highest BCUT2D eigenvalue weighted by molar-refractivity contribution is 6.31. The molecular weight excluding hydrogens is 498 g/mol. The largest absolute Gasteiger partial charge is 0.454 e. The van der Waals surface area contributed by atoms with Crippen LogP contribution in [0.4, 0.5) is 5.69 Å². The van der Waals surface area contributed by atoms with Gasteiger partial charge >= 0.3 is 0 Å². The second-order valence-corrected chi connectivity index (χ2v) is 10.1. The smallest absolute Gasteiger partial charge is 0.241 e. The molecule has 3 aliphatic heterocycles. The van der Waals surface area contributed by atoms with Crippen molar-refractivity contribution in [3.05, 3.63) is 87.9 Å². The minimum absolute atomic E-state index is 0.0415. The van der Waals surface area contributed by atoms with E-state index in [-0.39, 0.29) is 12.4 Å². The summed E-state index contributed by atoms with van der Waals surface area (Å²) >= 11 is 6.24. The van der Waals surface area contributed by atoms with Gasteiger partial charge in [-0.1, -0.05) is 48.0 Å². The number of imide groups is 1. The van der Waals surface area contributed by atoms with Gasteiger partial charge in [0.05, 0.1) is 23.6 Å². The van der Waals surface area contributed by atoms with Crippen LogP contribution >= 0.6 is 11.6 Å². The van der Waals surface area contributed by atoms with Crippen LogP contribution in [-0.2, 0) is 14.3 Å². The number of carbonyl (C=O) groups excluding carboxylic acids is 3. The van der Waals surface area contributed by atoms with Crippen LogP contribution < -0.4 is 14.4 Å². The van der Waals surface area contributed by atoms with Crippen LogP contribution in [0.15, 0.2) is 60.7 Å². The Morgan fingerprint density at radius 3 is 2.54 bits per heavy atom. The molecule has 3 aromatic carbocycles. The first kappa shape index (κ1) is 22.5. The maximum atomic E-state index is 14.1. The molecule has 3 heterocycles. The first-order valence-corrected chi connectivity index (χ1v) is 12.2. The van der Waals surface area contributed by atoms with Gasteiger partial charge in [-0.2, -0.15) is 0 Å². The van der Waals surface area contributed by atoms with Crippen LogP contribution in [-0.4, -0.2) is 35.1 Å². The lowest BCUT2D eigenvalue weighted by molar-refractivity contribution is -0.137. The van der Waals surface area contributed by atoms with Crippen LogP contribution in [0.3, 0.4) is 0 Å². The Hall–Kier alpha value is -3.72. The zero-order chi connectivity index (χ0) is 25.6. The molecule has 2 saturated heterocycles. The predicted octanol–water partition coefficient (Wildman–Crippen LogP) is 3.92. The van der Waals surface area contributed by atoms with Crippen molar-refractivity contribution in [3.63, 3.8) is 0 Å². The Morgan fingerprint density at radius 2 is 1.76 bits per heavy atom. The second-order valence-electron chi connectivity index (χ2n) is 9.71. The maximum absolute atomic E-state index is 14.1. The van der Waals surface area contributed by atoms with Gasteiger partial charge in [-0.15, -0.1) is 0 Å². The Labute approximate surface area is 216 Å². The number of Topliss-reactive ketones (excluding diaryl/α,β-unsaturated/α-hetero) is 1. The molecule has 0 saturated carbocycles. The zero-order valence-electron chi connectivity index (χ0n) is 19.5. The van der Waals surface area contributed by atoms with E-state index in [1.807, 2.05) is 6.92 Å². The number of halogens is 1. The van der Waals surface area contributed by atoms with Gasteiger partial charge in [-0.05, 0) is 41.8 Å². The predicted molar refractivity (Wildman–Crippen MR) is 131 cm³/mol. The number of hydrogen-bond donors (Lipinski definition) is 1. The third kappa shape index (κ3) is 2.83. The number of benzene rings is 3. The molecule has 1 N–H and O–H groups in total. The summed E-state index contributed by atoms with van der Waals surface area (Å²) in [5.74, 6) is -2.98. The van der Waals surface area contributed by atoms with Crippen LogP contribution in [0.2, 0.25) is 5.02 Å². The molecule has 5 atom stereocenters. The Kier molecular flexibility index (Phi) is 4.64. The number of aliphatic hydroxyl groups excluding tert-OH is 1. The van der Waals surface area contributed by atoms with Crippen LogP contribution in [0, 0.1) is 18.8 Å². The number of amides is 2. The number of aliphatic hydroxyl groups is 1. The summed E-state index contributed by atoms with van der Waals surface area (Å²) in [7, 11) is 0. The number of aryl methyl sites for hydroxylation is 1. The molecule has 0 bridgehead atoms. The van der Waals surface area contributed by atoms with Crippen LogP contribution in [0.1, 0.15) is 39.3 Å². The lowest BCUT2D eigenvalue weighted by Crippen LogP contribution is -2.49. The van der Waals surface area contributed by atoms with Crippen molar-refractivity contribution >= 4 is 34.9 Å². The molecule has 9 heteroatoms. The monoisotopic (exact) mass is 517 g/mol. The molecule has 0 radical (unpaired) electrons. The summed E-state index contributed by atoms with van der Waals surface area (Å²) in [6.45, 7) is 1.86. The number of ketones is 1. The molecule has 2 amide bonds.